The lowest BCUT2D eigenvalue weighted by molar-refractivity contribution is -0.117. The molecule has 1 amide bonds. The number of aliphatic hydroxyl groups is 1. The van der Waals surface area contributed by atoms with Crippen LogP contribution < -0.4 is 19.5 Å². The van der Waals surface area contributed by atoms with Crippen molar-refractivity contribution in [2.45, 2.75) is 20.0 Å². The smallest absolute Gasteiger partial charge is 0.238 e. The third kappa shape index (κ3) is 6.10. The molecule has 0 aromatic heterocycles. The number of fused-ring (bicyclic) bond motifs is 1. The van der Waals surface area contributed by atoms with Gasteiger partial charge in [-0.15, -0.1) is 0 Å². The third-order valence-corrected chi connectivity index (χ3v) is 4.63. The van der Waals surface area contributed by atoms with Crippen LogP contribution in [-0.2, 0) is 4.79 Å². The number of amides is 1. The molecular weight excluding hydrogens is 372 g/mol. The molecule has 3 rings (SSSR count). The number of aryl methyl sites for hydroxylation is 1. The normalized spacial score (nSPS) is 13.8. The molecule has 1 atom stereocenters. The number of anilines is 1. The highest BCUT2D eigenvalue weighted by Crippen LogP contribution is 2.32. The second-order valence-electron chi connectivity index (χ2n) is 6.96. The Morgan fingerprint density at radius 2 is 1.97 bits per heavy atom. The number of benzene rings is 2. The Bertz CT molecular complexity index is 827. The molecule has 7 nitrogen and oxygen atoms in total. The monoisotopic (exact) mass is 400 g/mol. The molecule has 2 aromatic carbocycles. The van der Waals surface area contributed by atoms with E-state index in [0.717, 1.165) is 11.3 Å². The average molecular weight is 400 g/mol. The van der Waals surface area contributed by atoms with E-state index in [1.54, 1.807) is 18.2 Å². The van der Waals surface area contributed by atoms with E-state index in [-0.39, 0.29) is 19.1 Å². The van der Waals surface area contributed by atoms with Gasteiger partial charge in [0.1, 0.15) is 31.7 Å². The van der Waals surface area contributed by atoms with Crippen molar-refractivity contribution in [3.63, 3.8) is 0 Å². The maximum absolute atomic E-state index is 12.4. The zero-order valence-electron chi connectivity index (χ0n) is 16.9. The van der Waals surface area contributed by atoms with E-state index in [9.17, 15) is 9.90 Å². The molecule has 7 heteroatoms. The topological polar surface area (TPSA) is 80.3 Å². The molecular formula is C22H28N2O5. The number of hydrogen-bond donors (Lipinski definition) is 2. The van der Waals surface area contributed by atoms with Gasteiger partial charge in [-0.2, -0.15) is 0 Å². The van der Waals surface area contributed by atoms with Crippen molar-refractivity contribution in [1.29, 1.82) is 0 Å². The first-order valence-corrected chi connectivity index (χ1v) is 9.83. The van der Waals surface area contributed by atoms with Gasteiger partial charge in [0.15, 0.2) is 11.5 Å². The molecule has 156 valence electrons. The Morgan fingerprint density at radius 3 is 2.72 bits per heavy atom. The van der Waals surface area contributed by atoms with E-state index in [4.69, 9.17) is 14.2 Å². The standard InChI is InChI=1S/C22H28N2O5/c1-3-24(13-18(25)15-29-19-7-5-4-6-16(19)2)14-22(26)23-17-8-9-20-21(12-17)28-11-10-27-20/h4-9,12,18,25H,3,10-11,13-15H2,1-2H3,(H,23,26). The number of ether oxygens (including phenoxy) is 3. The lowest BCUT2D eigenvalue weighted by Gasteiger charge is -2.23. The van der Waals surface area contributed by atoms with E-state index in [1.807, 2.05) is 43.0 Å². The molecule has 1 aliphatic heterocycles. The van der Waals surface area contributed by atoms with E-state index >= 15 is 0 Å². The molecule has 0 aliphatic carbocycles. The van der Waals surface area contributed by atoms with Crippen LogP contribution in [0, 0.1) is 6.92 Å². The van der Waals surface area contributed by atoms with Gasteiger partial charge in [0.2, 0.25) is 5.91 Å². The number of carbonyl (C=O) groups excluding carboxylic acids is 1. The number of hydrogen-bond acceptors (Lipinski definition) is 6. The maximum atomic E-state index is 12.4. The Hall–Kier alpha value is -2.77. The minimum absolute atomic E-state index is 0.157. The molecule has 1 aliphatic rings. The van der Waals surface area contributed by atoms with Gasteiger partial charge >= 0.3 is 0 Å². The number of likely N-dealkylation sites (N-methyl/N-ethyl adjacent to an activating group) is 1. The van der Waals surface area contributed by atoms with Crippen molar-refractivity contribution in [1.82, 2.24) is 4.90 Å². The molecule has 1 unspecified atom stereocenters. The summed E-state index contributed by atoms with van der Waals surface area (Å²) in [5.41, 5.74) is 1.67. The van der Waals surface area contributed by atoms with Crippen LogP contribution in [0.2, 0.25) is 0 Å². The van der Waals surface area contributed by atoms with Gasteiger partial charge in [-0.25, -0.2) is 0 Å². The number of rotatable bonds is 9. The van der Waals surface area contributed by atoms with Crippen molar-refractivity contribution < 1.29 is 24.1 Å². The predicted octanol–water partition coefficient (Wildman–Crippen LogP) is 2.47. The highest BCUT2D eigenvalue weighted by atomic mass is 16.6. The zero-order chi connectivity index (χ0) is 20.6. The summed E-state index contributed by atoms with van der Waals surface area (Å²) >= 11 is 0. The minimum atomic E-state index is -0.698. The predicted molar refractivity (Wildman–Crippen MR) is 111 cm³/mol. The largest absolute Gasteiger partial charge is 0.491 e. The molecule has 0 spiro atoms. The minimum Gasteiger partial charge on any atom is -0.491 e. The van der Waals surface area contributed by atoms with Crippen LogP contribution in [0.25, 0.3) is 0 Å². The van der Waals surface area contributed by atoms with Gasteiger partial charge < -0.3 is 24.6 Å². The van der Waals surface area contributed by atoms with Crippen molar-refractivity contribution >= 4 is 11.6 Å². The van der Waals surface area contributed by atoms with Crippen LogP contribution in [0.4, 0.5) is 5.69 Å². The first kappa shape index (κ1) is 21.0. The highest BCUT2D eigenvalue weighted by molar-refractivity contribution is 5.92. The fourth-order valence-electron chi connectivity index (χ4n) is 3.09. The van der Waals surface area contributed by atoms with Crippen molar-refractivity contribution in [2.75, 3.05) is 44.8 Å². The van der Waals surface area contributed by atoms with Gasteiger partial charge in [0.05, 0.1) is 6.54 Å². The van der Waals surface area contributed by atoms with Crippen LogP contribution >= 0.6 is 0 Å². The van der Waals surface area contributed by atoms with Gasteiger partial charge in [0.25, 0.3) is 0 Å². The molecule has 0 saturated carbocycles. The van der Waals surface area contributed by atoms with E-state index in [1.165, 1.54) is 0 Å². The SMILES string of the molecule is CCN(CC(=O)Nc1ccc2c(c1)OCCO2)CC(O)COc1ccccc1C. The number of aliphatic hydroxyl groups excluding tert-OH is 1. The second kappa shape index (κ2) is 10.1. The van der Waals surface area contributed by atoms with Crippen molar-refractivity contribution in [3.05, 3.63) is 48.0 Å². The number of para-hydroxylation sites is 1. The van der Waals surface area contributed by atoms with E-state index in [0.29, 0.717) is 43.5 Å². The maximum Gasteiger partial charge on any atom is 0.238 e. The van der Waals surface area contributed by atoms with Crippen LogP contribution in [0.1, 0.15) is 12.5 Å². The Labute approximate surface area is 171 Å². The molecule has 1 heterocycles. The lowest BCUT2D eigenvalue weighted by atomic mass is 10.2. The van der Waals surface area contributed by atoms with Crippen LogP contribution in [0.15, 0.2) is 42.5 Å². The van der Waals surface area contributed by atoms with E-state index < -0.39 is 6.10 Å². The summed E-state index contributed by atoms with van der Waals surface area (Å²) in [4.78, 5) is 14.3. The molecule has 0 radical (unpaired) electrons. The number of nitrogens with one attached hydrogen (secondary N) is 1. The Balaban J connectivity index is 1.47. The molecule has 0 fully saturated rings. The summed E-state index contributed by atoms with van der Waals surface area (Å²) in [5.74, 6) is 1.91. The van der Waals surface area contributed by atoms with E-state index in [2.05, 4.69) is 5.32 Å². The second-order valence-corrected chi connectivity index (χ2v) is 6.96. The van der Waals surface area contributed by atoms with Crippen LogP contribution in [0.3, 0.4) is 0 Å². The number of carbonyl (C=O) groups is 1. The third-order valence-electron chi connectivity index (χ3n) is 4.63. The van der Waals surface area contributed by atoms with Crippen LogP contribution in [-0.4, -0.2) is 61.5 Å². The quantitative estimate of drug-likeness (QED) is 0.673. The molecule has 29 heavy (non-hydrogen) atoms. The first-order chi connectivity index (χ1) is 14.0. The summed E-state index contributed by atoms with van der Waals surface area (Å²) in [6.07, 6.45) is -0.698. The van der Waals surface area contributed by atoms with Gasteiger partial charge in [0, 0.05) is 18.3 Å². The zero-order valence-corrected chi connectivity index (χ0v) is 16.9. The van der Waals surface area contributed by atoms with Crippen molar-refractivity contribution in [2.24, 2.45) is 0 Å². The summed E-state index contributed by atoms with van der Waals surface area (Å²) < 4.78 is 16.7. The fraction of sp³-hybridized carbons (Fsp3) is 0.409. The molecule has 0 saturated heterocycles. The molecule has 2 N–H and O–H groups in total. The Kier molecular flexibility index (Phi) is 7.32. The summed E-state index contributed by atoms with van der Waals surface area (Å²) in [6, 6.07) is 13.0. The Morgan fingerprint density at radius 1 is 1.21 bits per heavy atom. The van der Waals surface area contributed by atoms with Gasteiger partial charge in [-0.05, 0) is 37.2 Å². The van der Waals surface area contributed by atoms with Crippen molar-refractivity contribution in [3.8, 4) is 17.2 Å². The highest BCUT2D eigenvalue weighted by Gasteiger charge is 2.16. The molecule has 0 bridgehead atoms. The average Bonchev–Trinajstić information content (AvgIpc) is 2.72. The van der Waals surface area contributed by atoms with Gasteiger partial charge in [-0.1, -0.05) is 25.1 Å². The fourth-order valence-corrected chi connectivity index (χ4v) is 3.09. The summed E-state index contributed by atoms with van der Waals surface area (Å²) in [7, 11) is 0. The first-order valence-electron chi connectivity index (χ1n) is 9.83. The van der Waals surface area contributed by atoms with Gasteiger partial charge in [-0.3, -0.25) is 9.69 Å². The molecule has 2 aromatic rings. The lowest BCUT2D eigenvalue weighted by Crippen LogP contribution is -2.40. The number of nitrogens with zero attached hydrogens (tertiary/aromatic N) is 1. The summed E-state index contributed by atoms with van der Waals surface area (Å²) in [6.45, 7) is 6.26. The summed E-state index contributed by atoms with van der Waals surface area (Å²) in [5, 5.41) is 13.2. The van der Waals surface area contributed by atoms with Crippen LogP contribution in [0.5, 0.6) is 17.2 Å².